The van der Waals surface area contributed by atoms with Crippen molar-refractivity contribution in [2.75, 3.05) is 19.7 Å². The van der Waals surface area contributed by atoms with Crippen molar-refractivity contribution in [2.45, 2.75) is 51.8 Å². The van der Waals surface area contributed by atoms with Gasteiger partial charge in [0.1, 0.15) is 0 Å². The summed E-state index contributed by atoms with van der Waals surface area (Å²) >= 11 is 0. The molecule has 0 aromatic carbocycles. The summed E-state index contributed by atoms with van der Waals surface area (Å²) < 4.78 is 7.61. The predicted octanol–water partition coefficient (Wildman–Crippen LogP) is 0.936. The molecule has 6 nitrogen and oxygen atoms in total. The van der Waals surface area contributed by atoms with Gasteiger partial charge >= 0.3 is 0 Å². The Balaban J connectivity index is 1.95. The second kappa shape index (κ2) is 6.58. The number of nitrogens with zero attached hydrogens (tertiary/aromatic N) is 3. The van der Waals surface area contributed by atoms with Crippen LogP contribution in [0.3, 0.4) is 0 Å². The Bertz CT molecular complexity index is 484. The van der Waals surface area contributed by atoms with Gasteiger partial charge in [-0.25, -0.2) is 0 Å². The molecule has 2 N–H and O–H groups in total. The fourth-order valence-corrected chi connectivity index (χ4v) is 2.78. The van der Waals surface area contributed by atoms with Crippen LogP contribution in [0.5, 0.6) is 0 Å². The van der Waals surface area contributed by atoms with Crippen LogP contribution in [-0.4, -0.2) is 51.9 Å². The Labute approximate surface area is 126 Å². The maximum absolute atomic E-state index is 12.5. The lowest BCUT2D eigenvalue weighted by Gasteiger charge is -2.37. The summed E-state index contributed by atoms with van der Waals surface area (Å²) in [5, 5.41) is 4.27. The predicted molar refractivity (Wildman–Crippen MR) is 80.8 cm³/mol. The number of rotatable bonds is 5. The molecule has 0 aliphatic carbocycles. The molecule has 2 heterocycles. The number of aryl methyl sites for hydroxylation is 1. The first-order valence-electron chi connectivity index (χ1n) is 7.61. The Hall–Kier alpha value is -1.40. The van der Waals surface area contributed by atoms with Gasteiger partial charge in [0, 0.05) is 19.3 Å². The van der Waals surface area contributed by atoms with Gasteiger partial charge in [-0.15, -0.1) is 0 Å². The number of aromatic nitrogens is 2. The summed E-state index contributed by atoms with van der Waals surface area (Å²) in [4.78, 5) is 14.4. The minimum atomic E-state index is -0.779. The zero-order valence-electron chi connectivity index (χ0n) is 13.2. The Morgan fingerprint density at radius 1 is 1.62 bits per heavy atom. The van der Waals surface area contributed by atoms with E-state index in [1.807, 2.05) is 42.7 Å². The van der Waals surface area contributed by atoms with Crippen molar-refractivity contribution >= 4 is 5.91 Å². The van der Waals surface area contributed by atoms with Crippen LogP contribution in [0.25, 0.3) is 0 Å². The van der Waals surface area contributed by atoms with E-state index in [1.54, 1.807) is 0 Å². The molecule has 0 saturated carbocycles. The smallest absolute Gasteiger partial charge is 0.242 e. The number of nitrogens with two attached hydrogens (primary N) is 1. The van der Waals surface area contributed by atoms with Crippen molar-refractivity contribution in [2.24, 2.45) is 5.73 Å². The standard InChI is InChI=1S/C15H26N4O2/c1-4-5-15(3,16)14(20)18-6-7-21-13(10-18)11-19-9-12(2)8-17-19/h8-9,13H,4-7,10-11,16H2,1-3H3. The maximum atomic E-state index is 12.5. The number of carbonyl (C=O) groups excluding carboxylic acids is 1. The molecule has 1 aliphatic heterocycles. The van der Waals surface area contributed by atoms with E-state index in [-0.39, 0.29) is 12.0 Å². The molecule has 1 aromatic rings. The first kappa shape index (κ1) is 16.0. The van der Waals surface area contributed by atoms with Crippen LogP contribution in [0.15, 0.2) is 12.4 Å². The van der Waals surface area contributed by atoms with E-state index in [1.165, 1.54) is 0 Å². The SMILES string of the molecule is CCCC(C)(N)C(=O)N1CCOC(Cn2cc(C)cn2)C1. The summed E-state index contributed by atoms with van der Waals surface area (Å²) in [6.07, 6.45) is 5.38. The van der Waals surface area contributed by atoms with Crippen molar-refractivity contribution in [1.82, 2.24) is 14.7 Å². The summed E-state index contributed by atoms with van der Waals surface area (Å²) in [6.45, 7) is 8.27. The third-order valence-electron chi connectivity index (χ3n) is 3.84. The average Bonchev–Trinajstić information content (AvgIpc) is 2.83. The first-order valence-corrected chi connectivity index (χ1v) is 7.61. The minimum Gasteiger partial charge on any atom is -0.373 e. The third-order valence-corrected chi connectivity index (χ3v) is 3.84. The van der Waals surface area contributed by atoms with Crippen molar-refractivity contribution in [3.8, 4) is 0 Å². The van der Waals surface area contributed by atoms with E-state index in [4.69, 9.17) is 10.5 Å². The number of amides is 1. The number of ether oxygens (including phenoxy) is 1. The van der Waals surface area contributed by atoms with Gasteiger partial charge in [-0.05, 0) is 25.8 Å². The van der Waals surface area contributed by atoms with Crippen LogP contribution in [0, 0.1) is 6.92 Å². The molecule has 6 heteroatoms. The molecule has 1 aromatic heterocycles. The highest BCUT2D eigenvalue weighted by Crippen LogP contribution is 2.16. The number of hydrogen-bond donors (Lipinski definition) is 1. The Morgan fingerprint density at radius 3 is 3.00 bits per heavy atom. The van der Waals surface area contributed by atoms with E-state index in [9.17, 15) is 4.79 Å². The van der Waals surface area contributed by atoms with E-state index >= 15 is 0 Å². The molecule has 118 valence electrons. The molecule has 1 amide bonds. The molecule has 1 aliphatic rings. The minimum absolute atomic E-state index is 0.0225. The number of hydrogen-bond acceptors (Lipinski definition) is 4. The number of morpholine rings is 1. The molecular weight excluding hydrogens is 268 g/mol. The number of carbonyl (C=O) groups is 1. The van der Waals surface area contributed by atoms with Crippen LogP contribution >= 0.6 is 0 Å². The fraction of sp³-hybridized carbons (Fsp3) is 0.733. The van der Waals surface area contributed by atoms with Gasteiger partial charge < -0.3 is 15.4 Å². The molecule has 0 bridgehead atoms. The second-order valence-electron chi connectivity index (χ2n) is 6.15. The molecule has 2 unspecified atom stereocenters. The molecule has 0 radical (unpaired) electrons. The summed E-state index contributed by atoms with van der Waals surface area (Å²) in [7, 11) is 0. The monoisotopic (exact) mass is 294 g/mol. The fourth-order valence-electron chi connectivity index (χ4n) is 2.78. The van der Waals surface area contributed by atoms with Gasteiger partial charge in [0.05, 0.1) is 31.0 Å². The van der Waals surface area contributed by atoms with E-state index in [0.29, 0.717) is 32.7 Å². The largest absolute Gasteiger partial charge is 0.373 e. The molecule has 0 spiro atoms. The van der Waals surface area contributed by atoms with Gasteiger partial charge in [-0.1, -0.05) is 13.3 Å². The average molecular weight is 294 g/mol. The second-order valence-corrected chi connectivity index (χ2v) is 6.15. The molecule has 21 heavy (non-hydrogen) atoms. The molecular formula is C15H26N4O2. The lowest BCUT2D eigenvalue weighted by atomic mass is 9.95. The van der Waals surface area contributed by atoms with E-state index < -0.39 is 5.54 Å². The van der Waals surface area contributed by atoms with Crippen LogP contribution < -0.4 is 5.73 Å². The highest BCUT2D eigenvalue weighted by Gasteiger charge is 2.34. The zero-order valence-corrected chi connectivity index (χ0v) is 13.2. The molecule has 2 atom stereocenters. The molecule has 1 saturated heterocycles. The van der Waals surface area contributed by atoms with Gasteiger partial charge in [-0.3, -0.25) is 9.48 Å². The van der Waals surface area contributed by atoms with E-state index in [0.717, 1.165) is 12.0 Å². The molecule has 1 fully saturated rings. The quantitative estimate of drug-likeness (QED) is 0.877. The van der Waals surface area contributed by atoms with Crippen LogP contribution in [-0.2, 0) is 16.1 Å². The van der Waals surface area contributed by atoms with Crippen LogP contribution in [0.1, 0.15) is 32.3 Å². The van der Waals surface area contributed by atoms with Gasteiger partial charge in [0.15, 0.2) is 0 Å². The van der Waals surface area contributed by atoms with Crippen LogP contribution in [0.4, 0.5) is 0 Å². The third kappa shape index (κ3) is 4.04. The highest BCUT2D eigenvalue weighted by molar-refractivity contribution is 5.85. The van der Waals surface area contributed by atoms with E-state index in [2.05, 4.69) is 5.10 Å². The lowest BCUT2D eigenvalue weighted by Crippen LogP contribution is -2.57. The maximum Gasteiger partial charge on any atom is 0.242 e. The van der Waals surface area contributed by atoms with Gasteiger partial charge in [-0.2, -0.15) is 5.10 Å². The van der Waals surface area contributed by atoms with Crippen molar-refractivity contribution < 1.29 is 9.53 Å². The van der Waals surface area contributed by atoms with Crippen molar-refractivity contribution in [3.63, 3.8) is 0 Å². The zero-order chi connectivity index (χ0) is 15.5. The highest BCUT2D eigenvalue weighted by atomic mass is 16.5. The first-order chi connectivity index (χ1) is 9.92. The van der Waals surface area contributed by atoms with Crippen molar-refractivity contribution in [1.29, 1.82) is 0 Å². The lowest BCUT2D eigenvalue weighted by molar-refractivity contribution is -0.144. The summed E-state index contributed by atoms with van der Waals surface area (Å²) in [5.74, 6) is 0.0225. The topological polar surface area (TPSA) is 73.4 Å². The van der Waals surface area contributed by atoms with Gasteiger partial charge in [0.2, 0.25) is 5.91 Å². The Kier molecular flexibility index (Phi) is 5.00. The van der Waals surface area contributed by atoms with Crippen LogP contribution in [0.2, 0.25) is 0 Å². The summed E-state index contributed by atoms with van der Waals surface area (Å²) in [6, 6.07) is 0. The Morgan fingerprint density at radius 2 is 2.38 bits per heavy atom. The molecule has 2 rings (SSSR count). The summed E-state index contributed by atoms with van der Waals surface area (Å²) in [5.41, 5.74) is 6.50. The van der Waals surface area contributed by atoms with Crippen molar-refractivity contribution in [3.05, 3.63) is 18.0 Å². The van der Waals surface area contributed by atoms with Gasteiger partial charge in [0.25, 0.3) is 0 Å². The normalized spacial score (nSPS) is 22.1.